The van der Waals surface area contributed by atoms with E-state index >= 15 is 0 Å². The monoisotopic (exact) mass is 347 g/mol. The molecule has 0 bridgehead atoms. The minimum atomic E-state index is -0.724. The largest absolute Gasteiger partial charge is 0.464 e. The zero-order valence-corrected chi connectivity index (χ0v) is 13.8. The number of esters is 1. The second-order valence-corrected chi connectivity index (χ2v) is 5.82. The maximum atomic E-state index is 12.1. The molecule has 0 amide bonds. The molecule has 19 heavy (non-hydrogen) atoms. The Labute approximate surface area is 127 Å². The van der Waals surface area contributed by atoms with Crippen molar-refractivity contribution in [1.29, 1.82) is 0 Å². The van der Waals surface area contributed by atoms with E-state index in [0.717, 1.165) is 16.6 Å². The van der Waals surface area contributed by atoms with Gasteiger partial charge < -0.3 is 10.1 Å². The van der Waals surface area contributed by atoms with Crippen LogP contribution in [0.5, 0.6) is 0 Å². The van der Waals surface area contributed by atoms with E-state index in [1.165, 1.54) is 0 Å². The maximum Gasteiger partial charge on any atom is 0.331 e. The lowest BCUT2D eigenvalue weighted by atomic mass is 9.95. The molecule has 0 aliphatic carbocycles. The average Bonchev–Trinajstić information content (AvgIpc) is 2.34. The third-order valence-corrected chi connectivity index (χ3v) is 4.03. The average molecular weight is 349 g/mol. The fraction of sp³-hybridized carbons (Fsp3) is 0.500. The summed E-state index contributed by atoms with van der Waals surface area (Å²) in [6, 6.07) is 5.49. The number of nitrogens with one attached hydrogen (secondary N) is 1. The van der Waals surface area contributed by atoms with Gasteiger partial charge in [0.25, 0.3) is 0 Å². The molecule has 3 nitrogen and oxygen atoms in total. The van der Waals surface area contributed by atoms with Gasteiger partial charge in [-0.2, -0.15) is 0 Å². The Balaban J connectivity index is 2.94. The normalized spacial score (nSPS) is 13.7. The Morgan fingerprint density at radius 2 is 2.16 bits per heavy atom. The van der Waals surface area contributed by atoms with Crippen LogP contribution in [-0.4, -0.2) is 18.1 Å². The molecule has 1 aromatic rings. The SMILES string of the molecule is CCCC(C)(Nc1ccc(Cl)c(Br)c1)C(=O)OCC. The van der Waals surface area contributed by atoms with Crippen LogP contribution in [0.3, 0.4) is 0 Å². The van der Waals surface area contributed by atoms with Gasteiger partial charge in [0.2, 0.25) is 0 Å². The molecule has 0 aliphatic heterocycles. The molecule has 0 aliphatic rings. The molecular weight excluding hydrogens is 330 g/mol. The number of carbonyl (C=O) groups excluding carboxylic acids is 1. The summed E-state index contributed by atoms with van der Waals surface area (Å²) in [5.74, 6) is -0.233. The minimum Gasteiger partial charge on any atom is -0.464 e. The van der Waals surface area contributed by atoms with Gasteiger partial charge in [-0.05, 0) is 54.4 Å². The summed E-state index contributed by atoms with van der Waals surface area (Å²) in [6.45, 7) is 6.08. The highest BCUT2D eigenvalue weighted by molar-refractivity contribution is 9.10. The van der Waals surface area contributed by atoms with Crippen molar-refractivity contribution in [3.05, 3.63) is 27.7 Å². The minimum absolute atomic E-state index is 0.233. The summed E-state index contributed by atoms with van der Waals surface area (Å²) in [6.07, 6.45) is 1.59. The van der Waals surface area contributed by atoms with E-state index < -0.39 is 5.54 Å². The molecular formula is C14H19BrClNO2. The molecule has 0 aromatic heterocycles. The molecule has 0 spiro atoms. The summed E-state index contributed by atoms with van der Waals surface area (Å²) >= 11 is 9.33. The van der Waals surface area contributed by atoms with Crippen LogP contribution in [0.25, 0.3) is 0 Å². The Morgan fingerprint density at radius 1 is 1.47 bits per heavy atom. The molecule has 0 fully saturated rings. The van der Waals surface area contributed by atoms with Gasteiger partial charge in [0.1, 0.15) is 5.54 Å². The summed E-state index contributed by atoms with van der Waals surface area (Å²) < 4.78 is 5.94. The molecule has 1 rings (SSSR count). The van der Waals surface area contributed by atoms with Gasteiger partial charge in [0.05, 0.1) is 11.6 Å². The van der Waals surface area contributed by atoms with Gasteiger partial charge >= 0.3 is 5.97 Å². The van der Waals surface area contributed by atoms with E-state index in [4.69, 9.17) is 16.3 Å². The van der Waals surface area contributed by atoms with E-state index in [1.54, 1.807) is 6.07 Å². The number of halogens is 2. The standard InChI is InChI=1S/C14H19BrClNO2/c1-4-8-14(3,13(18)19-5-2)17-10-6-7-12(16)11(15)9-10/h6-7,9,17H,4-5,8H2,1-3H3. The lowest BCUT2D eigenvalue weighted by Crippen LogP contribution is -2.44. The molecule has 1 aromatic carbocycles. The number of carbonyl (C=O) groups is 1. The number of hydrogen-bond donors (Lipinski definition) is 1. The van der Waals surface area contributed by atoms with Crippen LogP contribution in [0, 0.1) is 0 Å². The highest BCUT2D eigenvalue weighted by Crippen LogP contribution is 2.28. The highest BCUT2D eigenvalue weighted by atomic mass is 79.9. The molecule has 1 N–H and O–H groups in total. The van der Waals surface area contributed by atoms with E-state index in [0.29, 0.717) is 18.1 Å². The molecule has 1 unspecified atom stereocenters. The van der Waals surface area contributed by atoms with E-state index in [2.05, 4.69) is 21.2 Å². The van der Waals surface area contributed by atoms with Gasteiger partial charge in [-0.3, -0.25) is 0 Å². The first-order valence-corrected chi connectivity index (χ1v) is 7.50. The molecule has 0 heterocycles. The predicted octanol–water partition coefficient (Wildman–Crippen LogP) is 4.64. The van der Waals surface area contributed by atoms with Crippen molar-refractivity contribution in [2.24, 2.45) is 0 Å². The topological polar surface area (TPSA) is 38.3 Å². The molecule has 0 radical (unpaired) electrons. The summed E-state index contributed by atoms with van der Waals surface area (Å²) in [4.78, 5) is 12.1. The molecule has 5 heteroatoms. The van der Waals surface area contributed by atoms with Crippen molar-refractivity contribution < 1.29 is 9.53 Å². The van der Waals surface area contributed by atoms with Crippen molar-refractivity contribution >= 4 is 39.2 Å². The van der Waals surface area contributed by atoms with Gasteiger partial charge in [-0.15, -0.1) is 0 Å². The molecule has 0 saturated carbocycles. The second-order valence-electron chi connectivity index (χ2n) is 4.56. The Morgan fingerprint density at radius 3 is 2.68 bits per heavy atom. The number of anilines is 1. The van der Waals surface area contributed by atoms with E-state index in [-0.39, 0.29) is 5.97 Å². The Bertz CT molecular complexity index is 453. The highest BCUT2D eigenvalue weighted by Gasteiger charge is 2.33. The number of rotatable bonds is 6. The summed E-state index contributed by atoms with van der Waals surface area (Å²) in [5, 5.41) is 3.88. The van der Waals surface area contributed by atoms with Gasteiger partial charge in [-0.25, -0.2) is 4.79 Å². The van der Waals surface area contributed by atoms with Crippen LogP contribution in [0.4, 0.5) is 5.69 Å². The van der Waals surface area contributed by atoms with Crippen LogP contribution in [0.1, 0.15) is 33.6 Å². The third kappa shape index (κ3) is 4.39. The van der Waals surface area contributed by atoms with Gasteiger partial charge in [-0.1, -0.05) is 24.9 Å². The molecule has 1 atom stereocenters. The predicted molar refractivity (Wildman–Crippen MR) is 82.7 cm³/mol. The fourth-order valence-corrected chi connectivity index (χ4v) is 2.39. The zero-order chi connectivity index (χ0) is 14.5. The third-order valence-electron chi connectivity index (χ3n) is 2.82. The van der Waals surface area contributed by atoms with Crippen molar-refractivity contribution in [2.45, 2.75) is 39.2 Å². The lowest BCUT2D eigenvalue weighted by Gasteiger charge is -2.29. The van der Waals surface area contributed by atoms with Crippen molar-refractivity contribution in [3.8, 4) is 0 Å². The molecule has 0 saturated heterocycles. The van der Waals surface area contributed by atoms with Crippen molar-refractivity contribution in [1.82, 2.24) is 0 Å². The number of benzene rings is 1. The van der Waals surface area contributed by atoms with Crippen LogP contribution in [0.15, 0.2) is 22.7 Å². The summed E-state index contributed by atoms with van der Waals surface area (Å²) in [7, 11) is 0. The van der Waals surface area contributed by atoms with Crippen molar-refractivity contribution in [3.63, 3.8) is 0 Å². The first-order chi connectivity index (χ1) is 8.92. The number of hydrogen-bond acceptors (Lipinski definition) is 3. The zero-order valence-electron chi connectivity index (χ0n) is 11.4. The quantitative estimate of drug-likeness (QED) is 0.761. The van der Waals surface area contributed by atoms with Crippen LogP contribution in [-0.2, 0) is 9.53 Å². The Hall–Kier alpha value is -0.740. The van der Waals surface area contributed by atoms with Crippen molar-refractivity contribution in [2.75, 3.05) is 11.9 Å². The summed E-state index contributed by atoms with van der Waals surface area (Å²) in [5.41, 5.74) is 0.109. The maximum absolute atomic E-state index is 12.1. The first kappa shape index (κ1) is 16.3. The van der Waals surface area contributed by atoms with Gasteiger partial charge in [0, 0.05) is 10.2 Å². The van der Waals surface area contributed by atoms with Gasteiger partial charge in [0.15, 0.2) is 0 Å². The molecule has 106 valence electrons. The fourth-order valence-electron chi connectivity index (χ4n) is 1.90. The first-order valence-electron chi connectivity index (χ1n) is 6.33. The van der Waals surface area contributed by atoms with Crippen LogP contribution < -0.4 is 5.32 Å². The van der Waals surface area contributed by atoms with E-state index in [1.807, 2.05) is 32.9 Å². The smallest absolute Gasteiger partial charge is 0.331 e. The Kier molecular flexibility index (Phi) is 6.14. The van der Waals surface area contributed by atoms with Crippen LogP contribution in [0.2, 0.25) is 5.02 Å². The lowest BCUT2D eigenvalue weighted by molar-refractivity contribution is -0.148. The second kappa shape index (κ2) is 7.15. The van der Waals surface area contributed by atoms with Crippen LogP contribution >= 0.6 is 27.5 Å². The van der Waals surface area contributed by atoms with E-state index in [9.17, 15) is 4.79 Å². The number of ether oxygens (including phenoxy) is 1.